The molecule has 0 bridgehead atoms. The minimum Gasteiger partial charge on any atom is -0.337 e. The molecule has 1 saturated heterocycles. The van der Waals surface area contributed by atoms with Crippen molar-refractivity contribution in [3.63, 3.8) is 0 Å². The molecule has 154 valence electrons. The van der Waals surface area contributed by atoms with Crippen LogP contribution in [0.2, 0.25) is 0 Å². The van der Waals surface area contributed by atoms with E-state index in [1.807, 2.05) is 42.5 Å². The summed E-state index contributed by atoms with van der Waals surface area (Å²) in [6.07, 6.45) is 4.17. The van der Waals surface area contributed by atoms with Crippen molar-refractivity contribution in [2.45, 2.75) is 26.2 Å². The third-order valence-corrected chi connectivity index (χ3v) is 5.42. The van der Waals surface area contributed by atoms with Gasteiger partial charge in [0.05, 0.1) is 11.6 Å². The van der Waals surface area contributed by atoms with Gasteiger partial charge in [-0.15, -0.1) is 0 Å². The Hall–Kier alpha value is -3.48. The average Bonchev–Trinajstić information content (AvgIpc) is 3.30. The minimum atomic E-state index is -0.230. The Balaban J connectivity index is 1.41. The Morgan fingerprint density at radius 3 is 2.87 bits per heavy atom. The highest BCUT2D eigenvalue weighted by Gasteiger charge is 2.30. The monoisotopic (exact) mass is 403 g/mol. The standard InChI is InChI=1S/C23H25N5O2/c1-2-16-7-5-9-18(13-16)25-22(29)17-8-6-12-28(15-17)23(30)21-14-20(26-27-21)19-10-3-4-11-24-19/h3-5,7,9-11,13-14,17H,2,6,8,12,15H2,1H3,(H,25,29)(H,26,27). The number of nitrogens with zero attached hydrogens (tertiary/aromatic N) is 3. The van der Waals surface area contributed by atoms with Crippen molar-refractivity contribution in [3.05, 3.63) is 66.0 Å². The number of piperidine rings is 1. The molecule has 7 heteroatoms. The summed E-state index contributed by atoms with van der Waals surface area (Å²) < 4.78 is 0. The van der Waals surface area contributed by atoms with Crippen molar-refractivity contribution in [1.82, 2.24) is 20.1 Å². The fourth-order valence-electron chi connectivity index (χ4n) is 3.74. The van der Waals surface area contributed by atoms with Crippen LogP contribution in [-0.2, 0) is 11.2 Å². The zero-order valence-corrected chi connectivity index (χ0v) is 17.0. The molecule has 1 unspecified atom stereocenters. The third kappa shape index (κ3) is 4.40. The molecule has 1 aromatic carbocycles. The highest BCUT2D eigenvalue weighted by atomic mass is 16.2. The van der Waals surface area contributed by atoms with Crippen LogP contribution in [0.3, 0.4) is 0 Å². The number of carbonyl (C=O) groups is 2. The van der Waals surface area contributed by atoms with Crippen molar-refractivity contribution in [1.29, 1.82) is 0 Å². The number of amides is 2. The van der Waals surface area contributed by atoms with E-state index in [1.54, 1.807) is 17.2 Å². The predicted octanol–water partition coefficient (Wildman–Crippen LogP) is 3.53. The van der Waals surface area contributed by atoms with Crippen LogP contribution in [0.15, 0.2) is 54.7 Å². The molecule has 0 spiro atoms. The lowest BCUT2D eigenvalue weighted by molar-refractivity contribution is -0.121. The maximum Gasteiger partial charge on any atom is 0.271 e. The van der Waals surface area contributed by atoms with Crippen molar-refractivity contribution in [2.24, 2.45) is 5.92 Å². The van der Waals surface area contributed by atoms with Crippen LogP contribution < -0.4 is 5.32 Å². The second kappa shape index (κ2) is 8.90. The Bertz CT molecular complexity index is 1030. The van der Waals surface area contributed by atoms with E-state index in [2.05, 4.69) is 27.4 Å². The fourth-order valence-corrected chi connectivity index (χ4v) is 3.74. The number of carbonyl (C=O) groups excluding carboxylic acids is 2. The number of rotatable bonds is 5. The van der Waals surface area contributed by atoms with Gasteiger partial charge in [-0.2, -0.15) is 5.10 Å². The van der Waals surface area contributed by atoms with E-state index in [0.29, 0.717) is 30.2 Å². The van der Waals surface area contributed by atoms with Gasteiger partial charge in [0.1, 0.15) is 11.4 Å². The molecular formula is C23H25N5O2. The van der Waals surface area contributed by atoms with Gasteiger partial charge in [-0.1, -0.05) is 25.1 Å². The average molecular weight is 403 g/mol. The number of H-pyrrole nitrogens is 1. The summed E-state index contributed by atoms with van der Waals surface area (Å²) in [5, 5.41) is 10.0. The Morgan fingerprint density at radius 1 is 1.17 bits per heavy atom. The summed E-state index contributed by atoms with van der Waals surface area (Å²) in [6, 6.07) is 15.1. The normalized spacial score (nSPS) is 16.3. The fraction of sp³-hybridized carbons (Fsp3) is 0.304. The van der Waals surface area contributed by atoms with Gasteiger partial charge in [-0.3, -0.25) is 19.7 Å². The molecule has 0 saturated carbocycles. The molecule has 1 atom stereocenters. The summed E-state index contributed by atoms with van der Waals surface area (Å²) in [6.45, 7) is 3.11. The van der Waals surface area contributed by atoms with Crippen LogP contribution in [0.5, 0.6) is 0 Å². The molecule has 2 aromatic heterocycles. The largest absolute Gasteiger partial charge is 0.337 e. The molecule has 3 aromatic rings. The lowest BCUT2D eigenvalue weighted by Crippen LogP contribution is -2.43. The molecule has 1 aliphatic rings. The quantitative estimate of drug-likeness (QED) is 0.682. The number of likely N-dealkylation sites (tertiary alicyclic amines) is 1. The molecule has 0 radical (unpaired) electrons. The number of aromatic amines is 1. The van der Waals surface area contributed by atoms with Gasteiger partial charge in [0, 0.05) is 25.0 Å². The summed E-state index contributed by atoms with van der Waals surface area (Å²) in [7, 11) is 0. The van der Waals surface area contributed by atoms with E-state index in [-0.39, 0.29) is 17.7 Å². The van der Waals surface area contributed by atoms with Crippen LogP contribution in [-0.4, -0.2) is 45.0 Å². The molecule has 1 fully saturated rings. The smallest absolute Gasteiger partial charge is 0.271 e. The Kier molecular flexibility index (Phi) is 5.88. The number of anilines is 1. The van der Waals surface area contributed by atoms with Crippen LogP contribution in [0.25, 0.3) is 11.4 Å². The highest BCUT2D eigenvalue weighted by molar-refractivity contribution is 5.95. The molecule has 7 nitrogen and oxygen atoms in total. The zero-order valence-electron chi connectivity index (χ0n) is 17.0. The number of benzene rings is 1. The third-order valence-electron chi connectivity index (χ3n) is 5.42. The first-order chi connectivity index (χ1) is 14.6. The lowest BCUT2D eigenvalue weighted by atomic mass is 9.96. The van der Waals surface area contributed by atoms with E-state index in [4.69, 9.17) is 0 Å². The van der Waals surface area contributed by atoms with Crippen LogP contribution in [0, 0.1) is 5.92 Å². The number of nitrogens with one attached hydrogen (secondary N) is 2. The molecule has 2 N–H and O–H groups in total. The number of pyridine rings is 1. The van der Waals surface area contributed by atoms with E-state index in [0.717, 1.165) is 24.9 Å². The SMILES string of the molecule is CCc1cccc(NC(=O)C2CCCN(C(=O)c3cc(-c4ccccn4)n[nH]3)C2)c1. The summed E-state index contributed by atoms with van der Waals surface area (Å²) in [4.78, 5) is 31.7. The molecule has 2 amide bonds. The number of aromatic nitrogens is 3. The van der Waals surface area contributed by atoms with Gasteiger partial charge in [-0.25, -0.2) is 0 Å². The lowest BCUT2D eigenvalue weighted by Gasteiger charge is -2.31. The van der Waals surface area contributed by atoms with Crippen LogP contribution in [0.1, 0.15) is 35.8 Å². The van der Waals surface area contributed by atoms with Crippen LogP contribution >= 0.6 is 0 Å². The van der Waals surface area contributed by atoms with Crippen molar-refractivity contribution in [3.8, 4) is 11.4 Å². The zero-order chi connectivity index (χ0) is 20.9. The van der Waals surface area contributed by atoms with Crippen LogP contribution in [0.4, 0.5) is 5.69 Å². The first-order valence-electron chi connectivity index (χ1n) is 10.3. The van der Waals surface area contributed by atoms with Gasteiger partial charge >= 0.3 is 0 Å². The van der Waals surface area contributed by atoms with E-state index in [9.17, 15) is 9.59 Å². The molecule has 3 heterocycles. The molecule has 1 aliphatic heterocycles. The van der Waals surface area contributed by atoms with E-state index < -0.39 is 0 Å². The molecule has 0 aliphatic carbocycles. The number of hydrogen-bond acceptors (Lipinski definition) is 4. The molecule has 4 rings (SSSR count). The second-order valence-corrected chi connectivity index (χ2v) is 7.52. The highest BCUT2D eigenvalue weighted by Crippen LogP contribution is 2.22. The Labute approximate surface area is 175 Å². The van der Waals surface area contributed by atoms with Gasteiger partial charge in [0.15, 0.2) is 0 Å². The van der Waals surface area contributed by atoms with Gasteiger partial charge < -0.3 is 10.2 Å². The molecular weight excluding hydrogens is 378 g/mol. The predicted molar refractivity (Wildman–Crippen MR) is 115 cm³/mol. The maximum absolute atomic E-state index is 13.0. The van der Waals surface area contributed by atoms with Crippen molar-refractivity contribution >= 4 is 17.5 Å². The first-order valence-corrected chi connectivity index (χ1v) is 10.3. The first kappa shape index (κ1) is 19.8. The van der Waals surface area contributed by atoms with E-state index >= 15 is 0 Å². The molecule has 30 heavy (non-hydrogen) atoms. The van der Waals surface area contributed by atoms with E-state index in [1.165, 1.54) is 5.56 Å². The summed E-state index contributed by atoms with van der Waals surface area (Å²) >= 11 is 0. The maximum atomic E-state index is 13.0. The summed E-state index contributed by atoms with van der Waals surface area (Å²) in [5.41, 5.74) is 3.72. The number of hydrogen-bond donors (Lipinski definition) is 2. The van der Waals surface area contributed by atoms with Crippen molar-refractivity contribution in [2.75, 3.05) is 18.4 Å². The summed E-state index contributed by atoms with van der Waals surface area (Å²) in [5.74, 6) is -0.416. The minimum absolute atomic E-state index is 0.0421. The van der Waals surface area contributed by atoms with Gasteiger partial charge in [0.2, 0.25) is 5.91 Å². The number of aryl methyl sites for hydroxylation is 1. The van der Waals surface area contributed by atoms with Gasteiger partial charge in [0.25, 0.3) is 5.91 Å². The van der Waals surface area contributed by atoms with Crippen molar-refractivity contribution < 1.29 is 9.59 Å². The second-order valence-electron chi connectivity index (χ2n) is 7.52. The topological polar surface area (TPSA) is 91.0 Å². The Morgan fingerprint density at radius 2 is 2.07 bits per heavy atom. The van der Waals surface area contributed by atoms with Gasteiger partial charge in [-0.05, 0) is 55.2 Å².